The second kappa shape index (κ2) is 6.01. The van der Waals surface area contributed by atoms with E-state index >= 15 is 0 Å². The minimum Gasteiger partial charge on any atom is -0.342 e. The summed E-state index contributed by atoms with van der Waals surface area (Å²) in [6.45, 7) is 3.99. The van der Waals surface area contributed by atoms with Crippen molar-refractivity contribution in [2.24, 2.45) is 11.7 Å². The van der Waals surface area contributed by atoms with Gasteiger partial charge in [0.25, 0.3) is 0 Å². The smallest absolute Gasteiger partial charge is 0.224 e. The van der Waals surface area contributed by atoms with Crippen LogP contribution in [0, 0.1) is 5.92 Å². The summed E-state index contributed by atoms with van der Waals surface area (Å²) >= 11 is 0. The van der Waals surface area contributed by atoms with Crippen molar-refractivity contribution in [1.29, 1.82) is 0 Å². The summed E-state index contributed by atoms with van der Waals surface area (Å²) in [6.07, 6.45) is 2.76. The second-order valence-electron chi connectivity index (χ2n) is 5.31. The van der Waals surface area contributed by atoms with Gasteiger partial charge in [-0.1, -0.05) is 37.3 Å². The lowest BCUT2D eigenvalue weighted by molar-refractivity contribution is -0.133. The first kappa shape index (κ1) is 13.1. The van der Waals surface area contributed by atoms with E-state index in [1.54, 1.807) is 0 Å². The van der Waals surface area contributed by atoms with Crippen molar-refractivity contribution in [1.82, 2.24) is 4.90 Å². The molecule has 2 atom stereocenters. The van der Waals surface area contributed by atoms with Crippen LogP contribution in [0.1, 0.15) is 37.8 Å². The fourth-order valence-corrected chi connectivity index (χ4v) is 2.55. The lowest BCUT2D eigenvalue weighted by Gasteiger charge is -2.31. The first-order valence-corrected chi connectivity index (χ1v) is 6.75. The average molecular weight is 246 g/mol. The monoisotopic (exact) mass is 246 g/mol. The minimum atomic E-state index is -0.184. The Balaban J connectivity index is 1.91. The van der Waals surface area contributed by atoms with Crippen LogP contribution in [-0.4, -0.2) is 23.9 Å². The van der Waals surface area contributed by atoms with Crippen molar-refractivity contribution >= 4 is 5.91 Å². The van der Waals surface area contributed by atoms with Gasteiger partial charge in [-0.3, -0.25) is 4.79 Å². The number of nitrogens with zero attached hydrogens (tertiary/aromatic N) is 1. The number of rotatable bonds is 3. The maximum Gasteiger partial charge on any atom is 0.224 e. The molecule has 1 saturated heterocycles. The summed E-state index contributed by atoms with van der Waals surface area (Å²) in [5.41, 5.74) is 7.13. The van der Waals surface area contributed by atoms with Crippen molar-refractivity contribution in [2.75, 3.05) is 13.1 Å². The molecular weight excluding hydrogens is 224 g/mol. The molecule has 1 aliphatic heterocycles. The maximum atomic E-state index is 12.2. The van der Waals surface area contributed by atoms with E-state index in [0.29, 0.717) is 12.3 Å². The molecule has 98 valence electrons. The summed E-state index contributed by atoms with van der Waals surface area (Å²) in [7, 11) is 0. The van der Waals surface area contributed by atoms with Crippen LogP contribution in [0.25, 0.3) is 0 Å². The van der Waals surface area contributed by atoms with Gasteiger partial charge in [0.2, 0.25) is 5.91 Å². The van der Waals surface area contributed by atoms with Gasteiger partial charge >= 0.3 is 0 Å². The number of hydrogen-bond donors (Lipinski definition) is 1. The molecule has 1 heterocycles. The van der Waals surface area contributed by atoms with E-state index in [-0.39, 0.29) is 11.9 Å². The standard InChI is InChI=1S/C15H22N2O/c1-12-6-5-9-17(11-12)15(18)10-14(16)13-7-3-2-4-8-13/h2-4,7-8,12,14H,5-6,9-11,16H2,1H3. The number of piperidine rings is 1. The Bertz CT molecular complexity index is 391. The molecule has 2 unspecified atom stereocenters. The van der Waals surface area contributed by atoms with Crippen LogP contribution in [0.4, 0.5) is 0 Å². The molecule has 0 saturated carbocycles. The molecule has 2 rings (SSSR count). The minimum absolute atomic E-state index is 0.184. The third-order valence-electron chi connectivity index (χ3n) is 3.63. The van der Waals surface area contributed by atoms with Crippen LogP contribution in [0.2, 0.25) is 0 Å². The molecule has 1 aromatic carbocycles. The van der Waals surface area contributed by atoms with E-state index in [1.165, 1.54) is 6.42 Å². The third-order valence-corrected chi connectivity index (χ3v) is 3.63. The summed E-state index contributed by atoms with van der Waals surface area (Å²) < 4.78 is 0. The van der Waals surface area contributed by atoms with E-state index in [1.807, 2.05) is 35.2 Å². The Kier molecular flexibility index (Phi) is 4.37. The molecule has 1 aliphatic rings. The highest BCUT2D eigenvalue weighted by Gasteiger charge is 2.22. The molecule has 0 bridgehead atoms. The van der Waals surface area contributed by atoms with Gasteiger partial charge in [0.15, 0.2) is 0 Å². The van der Waals surface area contributed by atoms with Crippen LogP contribution in [0.15, 0.2) is 30.3 Å². The molecule has 0 aromatic heterocycles. The largest absolute Gasteiger partial charge is 0.342 e. The number of benzene rings is 1. The van der Waals surface area contributed by atoms with E-state index in [0.717, 1.165) is 25.1 Å². The van der Waals surface area contributed by atoms with Crippen LogP contribution >= 0.6 is 0 Å². The van der Waals surface area contributed by atoms with E-state index < -0.39 is 0 Å². The summed E-state index contributed by atoms with van der Waals surface area (Å²) in [4.78, 5) is 14.1. The van der Waals surface area contributed by atoms with Gasteiger partial charge in [-0.2, -0.15) is 0 Å². The van der Waals surface area contributed by atoms with Gasteiger partial charge in [-0.25, -0.2) is 0 Å². The molecule has 1 amide bonds. The zero-order valence-corrected chi connectivity index (χ0v) is 11.0. The van der Waals surface area contributed by atoms with Crippen molar-refractivity contribution in [3.05, 3.63) is 35.9 Å². The van der Waals surface area contributed by atoms with Crippen LogP contribution in [0.5, 0.6) is 0 Å². The van der Waals surface area contributed by atoms with Gasteiger partial charge in [0.05, 0.1) is 0 Å². The molecule has 2 N–H and O–H groups in total. The average Bonchev–Trinajstić information content (AvgIpc) is 2.39. The van der Waals surface area contributed by atoms with E-state index in [4.69, 9.17) is 5.73 Å². The molecule has 0 radical (unpaired) electrons. The topological polar surface area (TPSA) is 46.3 Å². The molecule has 1 aromatic rings. The Morgan fingerprint density at radius 1 is 1.44 bits per heavy atom. The van der Waals surface area contributed by atoms with Crippen LogP contribution in [0.3, 0.4) is 0 Å². The predicted octanol–water partition coefficient (Wildman–Crippen LogP) is 2.34. The number of hydrogen-bond acceptors (Lipinski definition) is 2. The van der Waals surface area contributed by atoms with E-state index in [2.05, 4.69) is 6.92 Å². The summed E-state index contributed by atoms with van der Waals surface area (Å²) in [6, 6.07) is 9.67. The zero-order chi connectivity index (χ0) is 13.0. The molecule has 0 spiro atoms. The predicted molar refractivity (Wildman–Crippen MR) is 73.0 cm³/mol. The summed E-state index contributed by atoms with van der Waals surface area (Å²) in [5, 5.41) is 0. The number of amides is 1. The first-order valence-electron chi connectivity index (χ1n) is 6.75. The van der Waals surface area contributed by atoms with Gasteiger partial charge in [-0.05, 0) is 24.3 Å². The first-order chi connectivity index (χ1) is 8.66. The molecule has 3 nitrogen and oxygen atoms in total. The van der Waals surface area contributed by atoms with Gasteiger partial charge in [-0.15, -0.1) is 0 Å². The third kappa shape index (κ3) is 3.33. The fraction of sp³-hybridized carbons (Fsp3) is 0.533. The number of likely N-dealkylation sites (tertiary alicyclic amines) is 1. The highest BCUT2D eigenvalue weighted by Crippen LogP contribution is 2.19. The zero-order valence-electron chi connectivity index (χ0n) is 11.0. The maximum absolute atomic E-state index is 12.2. The molecule has 18 heavy (non-hydrogen) atoms. The Morgan fingerprint density at radius 3 is 2.83 bits per heavy atom. The quantitative estimate of drug-likeness (QED) is 0.889. The number of nitrogens with two attached hydrogens (primary N) is 1. The highest BCUT2D eigenvalue weighted by atomic mass is 16.2. The normalized spacial score (nSPS) is 21.7. The van der Waals surface area contributed by atoms with E-state index in [9.17, 15) is 4.79 Å². The number of carbonyl (C=O) groups excluding carboxylic acids is 1. The van der Waals surface area contributed by atoms with Crippen molar-refractivity contribution in [3.8, 4) is 0 Å². The lowest BCUT2D eigenvalue weighted by atomic mass is 9.98. The van der Waals surface area contributed by atoms with Crippen molar-refractivity contribution < 1.29 is 4.79 Å². The Hall–Kier alpha value is -1.35. The van der Waals surface area contributed by atoms with Gasteiger partial charge in [0, 0.05) is 25.6 Å². The van der Waals surface area contributed by atoms with Crippen LogP contribution < -0.4 is 5.73 Å². The Labute approximate surface area is 109 Å². The second-order valence-corrected chi connectivity index (χ2v) is 5.31. The molecular formula is C15H22N2O. The number of carbonyl (C=O) groups is 1. The van der Waals surface area contributed by atoms with Gasteiger partial charge < -0.3 is 10.6 Å². The van der Waals surface area contributed by atoms with Crippen molar-refractivity contribution in [3.63, 3.8) is 0 Å². The van der Waals surface area contributed by atoms with Crippen LogP contribution in [-0.2, 0) is 4.79 Å². The molecule has 3 heteroatoms. The SMILES string of the molecule is CC1CCCN(C(=O)CC(N)c2ccccc2)C1. The Morgan fingerprint density at radius 2 is 2.17 bits per heavy atom. The fourth-order valence-electron chi connectivity index (χ4n) is 2.55. The molecule has 1 fully saturated rings. The highest BCUT2D eigenvalue weighted by molar-refractivity contribution is 5.77. The van der Waals surface area contributed by atoms with Crippen molar-refractivity contribution in [2.45, 2.75) is 32.2 Å². The lowest BCUT2D eigenvalue weighted by Crippen LogP contribution is -2.40. The molecule has 0 aliphatic carbocycles. The van der Waals surface area contributed by atoms with Gasteiger partial charge in [0.1, 0.15) is 0 Å². The summed E-state index contributed by atoms with van der Waals surface area (Å²) in [5.74, 6) is 0.813.